The molecule has 186 valence electrons. The summed E-state index contributed by atoms with van der Waals surface area (Å²) in [5.74, 6) is -0.0519. The third-order valence-electron chi connectivity index (χ3n) is 6.50. The number of rotatable bonds is 6. The van der Waals surface area contributed by atoms with Crippen molar-refractivity contribution in [2.45, 2.75) is 19.9 Å². The van der Waals surface area contributed by atoms with Gasteiger partial charge in [0.25, 0.3) is 5.91 Å². The molecular formula is C27H30ClN7O. The van der Waals surface area contributed by atoms with Crippen LogP contribution in [0.15, 0.2) is 61.1 Å². The molecule has 1 amide bonds. The van der Waals surface area contributed by atoms with Crippen LogP contribution in [0.1, 0.15) is 30.5 Å². The zero-order valence-corrected chi connectivity index (χ0v) is 21.5. The van der Waals surface area contributed by atoms with E-state index in [9.17, 15) is 4.79 Å². The second kappa shape index (κ2) is 10.2. The fraction of sp³-hybridized carbons (Fsp3) is 0.296. The molecule has 8 nitrogen and oxygen atoms in total. The van der Waals surface area contributed by atoms with Gasteiger partial charge in [-0.1, -0.05) is 23.7 Å². The molecule has 1 aliphatic rings. The fourth-order valence-corrected chi connectivity index (χ4v) is 4.52. The van der Waals surface area contributed by atoms with Gasteiger partial charge in [-0.05, 0) is 57.3 Å². The maximum atomic E-state index is 13.0. The number of hydrogen-bond donors (Lipinski definition) is 2. The average molecular weight is 504 g/mol. The lowest BCUT2D eigenvalue weighted by atomic mass is 10.1. The van der Waals surface area contributed by atoms with Crippen LogP contribution in [0.3, 0.4) is 0 Å². The zero-order valence-electron chi connectivity index (χ0n) is 20.7. The molecule has 2 aromatic carbocycles. The largest absolute Gasteiger partial charge is 0.369 e. The van der Waals surface area contributed by atoms with Gasteiger partial charge in [0.15, 0.2) is 5.82 Å². The van der Waals surface area contributed by atoms with Crippen LogP contribution in [0.25, 0.3) is 22.6 Å². The number of nitrogens with one attached hydrogen (secondary N) is 2. The van der Waals surface area contributed by atoms with Crippen LogP contribution in [0.5, 0.6) is 0 Å². The highest BCUT2D eigenvalue weighted by molar-refractivity contribution is 6.30. The van der Waals surface area contributed by atoms with E-state index in [1.807, 2.05) is 48.5 Å². The predicted octanol–water partition coefficient (Wildman–Crippen LogP) is 5.18. The number of likely N-dealkylation sites (N-methyl/N-ethyl adjacent to an activating group) is 1. The number of piperazine rings is 1. The lowest BCUT2D eigenvalue weighted by Gasteiger charge is -2.34. The van der Waals surface area contributed by atoms with Crippen LogP contribution in [0, 0.1) is 0 Å². The van der Waals surface area contributed by atoms with Gasteiger partial charge in [-0.3, -0.25) is 4.79 Å². The molecular weight excluding hydrogens is 474 g/mol. The molecule has 0 atom stereocenters. The van der Waals surface area contributed by atoms with Gasteiger partial charge in [-0.25, -0.2) is 9.97 Å². The molecule has 0 radical (unpaired) electrons. The van der Waals surface area contributed by atoms with E-state index in [1.165, 1.54) is 0 Å². The lowest BCUT2D eigenvalue weighted by Crippen LogP contribution is -2.44. The standard InChI is InChI=1S/C27H30ClN7O/c1-18(2)35-17-30-24(19-4-6-20(28)7-5-19)25(35)23-16-29-26(32-23)27(36)31-21-8-10-22(11-9-21)34-14-12-33(3)13-15-34/h4-11,16-18H,12-15H2,1-3H3,(H,29,32)(H,31,36). The van der Waals surface area contributed by atoms with Crippen LogP contribution in [-0.2, 0) is 0 Å². The summed E-state index contributed by atoms with van der Waals surface area (Å²) in [5, 5.41) is 3.61. The molecule has 0 bridgehead atoms. The number of carbonyl (C=O) groups excluding carboxylic acids is 1. The van der Waals surface area contributed by atoms with Crippen molar-refractivity contribution < 1.29 is 4.79 Å². The maximum Gasteiger partial charge on any atom is 0.291 e. The summed E-state index contributed by atoms with van der Waals surface area (Å²) in [6, 6.07) is 15.7. The Bertz CT molecular complexity index is 1330. The first-order valence-corrected chi connectivity index (χ1v) is 12.5. The number of aromatic amines is 1. The molecule has 2 aromatic heterocycles. The van der Waals surface area contributed by atoms with Crippen molar-refractivity contribution in [3.8, 4) is 22.6 Å². The molecule has 0 aliphatic carbocycles. The van der Waals surface area contributed by atoms with Gasteiger partial charge >= 0.3 is 0 Å². The molecule has 2 N–H and O–H groups in total. The topological polar surface area (TPSA) is 82.1 Å². The highest BCUT2D eigenvalue weighted by Gasteiger charge is 2.21. The average Bonchev–Trinajstić information content (AvgIpc) is 3.53. The minimum Gasteiger partial charge on any atom is -0.369 e. The van der Waals surface area contributed by atoms with Crippen LogP contribution < -0.4 is 10.2 Å². The Morgan fingerprint density at radius 1 is 1.03 bits per heavy atom. The lowest BCUT2D eigenvalue weighted by molar-refractivity contribution is 0.101. The van der Waals surface area contributed by atoms with E-state index in [4.69, 9.17) is 11.6 Å². The predicted molar refractivity (Wildman–Crippen MR) is 145 cm³/mol. The SMILES string of the molecule is CC(C)n1cnc(-c2ccc(Cl)cc2)c1-c1c[nH]c(C(=O)Nc2ccc(N3CCN(C)CC3)cc2)n1. The van der Waals surface area contributed by atoms with Gasteiger partial charge in [0, 0.05) is 60.4 Å². The Balaban J connectivity index is 1.34. The van der Waals surface area contributed by atoms with Gasteiger partial charge in [0.2, 0.25) is 0 Å². The summed E-state index contributed by atoms with van der Waals surface area (Å²) in [5.41, 5.74) is 5.12. The van der Waals surface area contributed by atoms with E-state index in [2.05, 4.69) is 55.5 Å². The van der Waals surface area contributed by atoms with Crippen molar-refractivity contribution in [2.75, 3.05) is 43.4 Å². The molecule has 9 heteroatoms. The quantitative estimate of drug-likeness (QED) is 0.379. The van der Waals surface area contributed by atoms with Crippen molar-refractivity contribution in [2.24, 2.45) is 0 Å². The first kappa shape index (κ1) is 24.1. The Labute approximate surface area is 215 Å². The monoisotopic (exact) mass is 503 g/mol. The minimum atomic E-state index is -0.294. The van der Waals surface area contributed by atoms with Gasteiger partial charge in [0.1, 0.15) is 5.69 Å². The number of anilines is 2. The summed E-state index contributed by atoms with van der Waals surface area (Å²) in [7, 11) is 2.14. The Morgan fingerprint density at radius 2 is 1.72 bits per heavy atom. The summed E-state index contributed by atoms with van der Waals surface area (Å²) in [6.07, 6.45) is 3.56. The zero-order chi connectivity index (χ0) is 25.2. The van der Waals surface area contributed by atoms with E-state index in [0.717, 1.165) is 54.5 Å². The van der Waals surface area contributed by atoms with Gasteiger partial charge < -0.3 is 24.7 Å². The molecule has 5 rings (SSSR count). The Kier molecular flexibility index (Phi) is 6.80. The number of halogens is 1. The van der Waals surface area contributed by atoms with Gasteiger partial charge in [-0.15, -0.1) is 0 Å². The van der Waals surface area contributed by atoms with E-state index in [0.29, 0.717) is 10.7 Å². The van der Waals surface area contributed by atoms with E-state index in [1.54, 1.807) is 12.5 Å². The Hall–Kier alpha value is -3.62. The summed E-state index contributed by atoms with van der Waals surface area (Å²) >= 11 is 6.08. The highest BCUT2D eigenvalue weighted by Crippen LogP contribution is 2.33. The fourth-order valence-electron chi connectivity index (χ4n) is 4.40. The first-order chi connectivity index (χ1) is 17.4. The number of carbonyl (C=O) groups is 1. The molecule has 1 fully saturated rings. The number of benzene rings is 2. The number of aromatic nitrogens is 4. The molecule has 0 unspecified atom stereocenters. The summed E-state index contributed by atoms with van der Waals surface area (Å²) < 4.78 is 2.05. The normalized spacial score (nSPS) is 14.4. The van der Waals surface area contributed by atoms with E-state index in [-0.39, 0.29) is 17.8 Å². The van der Waals surface area contributed by atoms with Crippen molar-refractivity contribution >= 4 is 28.9 Å². The van der Waals surface area contributed by atoms with Gasteiger partial charge in [0.05, 0.1) is 17.7 Å². The van der Waals surface area contributed by atoms with Crippen molar-refractivity contribution in [3.05, 3.63) is 71.9 Å². The number of imidazole rings is 2. The number of nitrogens with zero attached hydrogens (tertiary/aromatic N) is 5. The van der Waals surface area contributed by atoms with Crippen LogP contribution in [-0.4, -0.2) is 63.6 Å². The van der Waals surface area contributed by atoms with Crippen LogP contribution >= 0.6 is 11.6 Å². The molecule has 1 aliphatic heterocycles. The summed E-state index contributed by atoms with van der Waals surface area (Å²) in [4.78, 5) is 30.0. The Morgan fingerprint density at radius 3 is 2.39 bits per heavy atom. The number of amides is 1. The van der Waals surface area contributed by atoms with E-state index >= 15 is 0 Å². The third-order valence-corrected chi connectivity index (χ3v) is 6.75. The summed E-state index contributed by atoms with van der Waals surface area (Å²) in [6.45, 7) is 8.28. The molecule has 1 saturated heterocycles. The van der Waals surface area contributed by atoms with Crippen LogP contribution in [0.4, 0.5) is 11.4 Å². The minimum absolute atomic E-state index is 0.168. The third kappa shape index (κ3) is 5.01. The molecule has 0 spiro atoms. The van der Waals surface area contributed by atoms with E-state index < -0.39 is 0 Å². The van der Waals surface area contributed by atoms with Crippen molar-refractivity contribution in [3.63, 3.8) is 0 Å². The second-order valence-corrected chi connectivity index (χ2v) is 9.81. The smallest absolute Gasteiger partial charge is 0.291 e. The maximum absolute atomic E-state index is 13.0. The first-order valence-electron chi connectivity index (χ1n) is 12.1. The second-order valence-electron chi connectivity index (χ2n) is 9.38. The molecule has 3 heterocycles. The highest BCUT2D eigenvalue weighted by atomic mass is 35.5. The van der Waals surface area contributed by atoms with Gasteiger partial charge in [-0.2, -0.15) is 0 Å². The molecule has 0 saturated carbocycles. The molecule has 4 aromatic rings. The molecule has 36 heavy (non-hydrogen) atoms. The number of H-pyrrole nitrogens is 1. The number of hydrogen-bond acceptors (Lipinski definition) is 5. The van der Waals surface area contributed by atoms with Crippen LogP contribution in [0.2, 0.25) is 5.02 Å². The van der Waals surface area contributed by atoms with Crippen molar-refractivity contribution in [1.29, 1.82) is 0 Å². The van der Waals surface area contributed by atoms with Crippen molar-refractivity contribution in [1.82, 2.24) is 24.4 Å².